The fourth-order valence-corrected chi connectivity index (χ4v) is 7.42. The number of hydrogen-bond acceptors (Lipinski definition) is 2. The number of hydrogen-bond donors (Lipinski definition) is 0. The van der Waals surface area contributed by atoms with Crippen LogP contribution in [0.2, 0.25) is 0 Å². The van der Waals surface area contributed by atoms with Crippen LogP contribution >= 0.6 is 0 Å². The lowest BCUT2D eigenvalue weighted by Crippen LogP contribution is -1.98. The fourth-order valence-electron chi connectivity index (χ4n) is 7.42. The van der Waals surface area contributed by atoms with Gasteiger partial charge < -0.3 is 9.13 Å². The maximum Gasteiger partial charge on any atom is 0.211 e. The molecule has 230 valence electrons. The second kappa shape index (κ2) is 11.4. The van der Waals surface area contributed by atoms with Crippen molar-refractivity contribution in [1.82, 2.24) is 9.13 Å². The minimum atomic E-state index is 0.498. The van der Waals surface area contributed by atoms with Crippen molar-refractivity contribution in [2.45, 2.75) is 0 Å². The normalized spacial score (nSPS) is 11.1. The minimum absolute atomic E-state index is 0.498. The average molecular weight is 636 g/mol. The van der Waals surface area contributed by atoms with Gasteiger partial charge in [-0.05, 0) is 76.9 Å². The SMILES string of the molecule is [C-]#[N+]c1cccc(-c2ccc(-c3ccc(-n4c5ccccc5c5ccccc54)cc3)c(C#N)c2)c1-n1c2ccccc2c2cc(C#N)ccc21. The molecule has 9 rings (SSSR count). The van der Waals surface area contributed by atoms with Gasteiger partial charge in [0.2, 0.25) is 5.69 Å². The molecule has 0 fully saturated rings. The van der Waals surface area contributed by atoms with E-state index in [2.05, 4.69) is 98.9 Å². The largest absolute Gasteiger partial charge is 0.318 e. The molecule has 0 amide bonds. The molecule has 2 heterocycles. The summed E-state index contributed by atoms with van der Waals surface area (Å²) < 4.78 is 4.40. The van der Waals surface area contributed by atoms with E-state index in [1.165, 1.54) is 10.8 Å². The first-order valence-corrected chi connectivity index (χ1v) is 16.3. The maximum atomic E-state index is 10.4. The molecule has 0 bridgehead atoms. The van der Waals surface area contributed by atoms with E-state index in [0.717, 1.165) is 66.5 Å². The van der Waals surface area contributed by atoms with Gasteiger partial charge >= 0.3 is 0 Å². The molecule has 9 aromatic rings. The summed E-state index contributed by atoms with van der Waals surface area (Å²) in [5.74, 6) is 0. The van der Waals surface area contributed by atoms with Crippen LogP contribution in [0.5, 0.6) is 0 Å². The van der Waals surface area contributed by atoms with Gasteiger partial charge in [-0.3, -0.25) is 0 Å². The van der Waals surface area contributed by atoms with Crippen molar-refractivity contribution < 1.29 is 0 Å². The number of aromatic nitrogens is 2. The summed E-state index contributed by atoms with van der Waals surface area (Å²) in [5, 5.41) is 24.4. The van der Waals surface area contributed by atoms with E-state index >= 15 is 0 Å². The summed E-state index contributed by atoms with van der Waals surface area (Å²) in [7, 11) is 0. The lowest BCUT2D eigenvalue weighted by molar-refractivity contribution is 1.18. The molecule has 0 aliphatic rings. The highest BCUT2D eigenvalue weighted by Gasteiger charge is 2.20. The smallest absolute Gasteiger partial charge is 0.211 e. The van der Waals surface area contributed by atoms with Crippen LogP contribution in [-0.2, 0) is 0 Å². The van der Waals surface area contributed by atoms with E-state index in [-0.39, 0.29) is 0 Å². The van der Waals surface area contributed by atoms with Crippen molar-refractivity contribution >= 4 is 49.3 Å². The molecule has 0 aliphatic carbocycles. The average Bonchev–Trinajstić information content (AvgIpc) is 3.70. The van der Waals surface area contributed by atoms with Crippen LogP contribution in [0.3, 0.4) is 0 Å². The van der Waals surface area contributed by atoms with Gasteiger partial charge in [-0.15, -0.1) is 0 Å². The maximum absolute atomic E-state index is 10.4. The number of nitrogens with zero attached hydrogens (tertiary/aromatic N) is 5. The van der Waals surface area contributed by atoms with Gasteiger partial charge in [0, 0.05) is 27.2 Å². The highest BCUT2D eigenvalue weighted by atomic mass is 15.0. The Hall–Kier alpha value is -7.39. The predicted molar refractivity (Wildman–Crippen MR) is 202 cm³/mol. The zero-order valence-electron chi connectivity index (χ0n) is 26.7. The Kier molecular flexibility index (Phi) is 6.56. The van der Waals surface area contributed by atoms with Crippen LogP contribution in [0.1, 0.15) is 11.1 Å². The van der Waals surface area contributed by atoms with Gasteiger partial charge in [0.05, 0.1) is 57.6 Å². The third-order valence-electron chi connectivity index (χ3n) is 9.63. The number of fused-ring (bicyclic) bond motifs is 6. The molecule has 5 nitrogen and oxygen atoms in total. The standard InChI is InChI=1S/C45H25N5/c1-48-40-13-8-12-35(45(40)50-43-16-7-4-11-38(43)39-25-29(27-46)17-24-44(39)50)31-20-23-34(32(26-31)28-47)30-18-21-33(22-19-30)49-41-14-5-2-9-36(41)37-10-3-6-15-42(37)49/h2-26H. The van der Waals surface area contributed by atoms with Crippen molar-refractivity contribution in [2.24, 2.45) is 0 Å². The number of benzene rings is 7. The quantitative estimate of drug-likeness (QED) is 0.181. The molecule has 7 aromatic carbocycles. The molecule has 0 spiro atoms. The van der Waals surface area contributed by atoms with Crippen molar-refractivity contribution in [2.75, 3.05) is 0 Å². The zero-order chi connectivity index (χ0) is 33.8. The first-order chi connectivity index (χ1) is 24.7. The molecule has 5 heteroatoms. The Morgan fingerprint density at radius 2 is 1.08 bits per heavy atom. The summed E-state index contributed by atoms with van der Waals surface area (Å²) in [5.41, 5.74) is 11.0. The zero-order valence-corrected chi connectivity index (χ0v) is 26.7. The van der Waals surface area contributed by atoms with E-state index < -0.39 is 0 Å². The summed E-state index contributed by atoms with van der Waals surface area (Å²) in [4.78, 5) is 3.94. The van der Waals surface area contributed by atoms with Gasteiger partial charge in [0.15, 0.2) is 0 Å². The topological polar surface area (TPSA) is 61.8 Å². The molecule has 50 heavy (non-hydrogen) atoms. The van der Waals surface area contributed by atoms with Crippen LogP contribution < -0.4 is 0 Å². The predicted octanol–water partition coefficient (Wildman–Crippen LogP) is 11.5. The highest BCUT2D eigenvalue weighted by molar-refractivity contribution is 6.11. The molecule has 0 saturated heterocycles. The van der Waals surface area contributed by atoms with Gasteiger partial charge in [-0.2, -0.15) is 10.5 Å². The lowest BCUT2D eigenvalue weighted by atomic mass is 9.94. The number of rotatable bonds is 4. The van der Waals surface area contributed by atoms with Gasteiger partial charge in [0.1, 0.15) is 0 Å². The molecule has 0 unspecified atom stereocenters. The van der Waals surface area contributed by atoms with Crippen LogP contribution in [0.4, 0.5) is 5.69 Å². The second-order valence-corrected chi connectivity index (χ2v) is 12.3. The third kappa shape index (κ3) is 4.31. The molecule has 0 radical (unpaired) electrons. The number of para-hydroxylation sites is 4. The minimum Gasteiger partial charge on any atom is -0.318 e. The molecule has 0 aliphatic heterocycles. The van der Waals surface area contributed by atoms with Gasteiger partial charge in [-0.25, -0.2) is 4.85 Å². The van der Waals surface area contributed by atoms with Crippen molar-refractivity contribution in [3.05, 3.63) is 174 Å². The number of nitriles is 2. The lowest BCUT2D eigenvalue weighted by Gasteiger charge is -2.17. The van der Waals surface area contributed by atoms with E-state index in [1.54, 1.807) is 0 Å². The fraction of sp³-hybridized carbons (Fsp3) is 0. The molecule has 2 aromatic heterocycles. The molecule has 0 N–H and O–H groups in total. The summed E-state index contributed by atoms with van der Waals surface area (Å²) >= 11 is 0. The molecular weight excluding hydrogens is 611 g/mol. The van der Waals surface area contributed by atoms with Crippen LogP contribution in [0, 0.1) is 29.2 Å². The Morgan fingerprint density at radius 1 is 0.480 bits per heavy atom. The second-order valence-electron chi connectivity index (χ2n) is 12.3. The van der Waals surface area contributed by atoms with Crippen LogP contribution in [-0.4, -0.2) is 9.13 Å². The highest BCUT2D eigenvalue weighted by Crippen LogP contribution is 2.42. The third-order valence-corrected chi connectivity index (χ3v) is 9.63. The van der Waals surface area contributed by atoms with Gasteiger partial charge in [-0.1, -0.05) is 97.1 Å². The Balaban J connectivity index is 1.18. The molecular formula is C45H25N5. The van der Waals surface area contributed by atoms with Crippen molar-refractivity contribution in [3.8, 4) is 45.8 Å². The Morgan fingerprint density at radius 3 is 1.72 bits per heavy atom. The van der Waals surface area contributed by atoms with E-state index in [4.69, 9.17) is 6.57 Å². The summed E-state index contributed by atoms with van der Waals surface area (Å²) in [6.07, 6.45) is 0. The first kappa shape index (κ1) is 28.8. The van der Waals surface area contributed by atoms with E-state index in [9.17, 15) is 10.5 Å². The summed E-state index contributed by atoms with van der Waals surface area (Å²) in [6, 6.07) is 55.4. The first-order valence-electron chi connectivity index (χ1n) is 16.3. The van der Waals surface area contributed by atoms with Crippen molar-refractivity contribution in [3.63, 3.8) is 0 Å². The van der Waals surface area contributed by atoms with E-state index in [1.807, 2.05) is 78.9 Å². The monoisotopic (exact) mass is 635 g/mol. The molecule has 0 atom stereocenters. The van der Waals surface area contributed by atoms with Crippen LogP contribution in [0.25, 0.3) is 82.1 Å². The van der Waals surface area contributed by atoms with Crippen molar-refractivity contribution in [1.29, 1.82) is 10.5 Å². The Bertz CT molecular complexity index is 2900. The molecule has 0 saturated carbocycles. The Labute approximate surface area is 288 Å². The van der Waals surface area contributed by atoms with E-state index in [0.29, 0.717) is 16.8 Å². The summed E-state index contributed by atoms with van der Waals surface area (Å²) in [6.45, 7) is 8.12. The van der Waals surface area contributed by atoms with Gasteiger partial charge in [0.25, 0.3) is 0 Å². The van der Waals surface area contributed by atoms with Crippen LogP contribution in [0.15, 0.2) is 152 Å².